The van der Waals surface area contributed by atoms with E-state index in [0.717, 1.165) is 12.7 Å². The van der Waals surface area contributed by atoms with Crippen LogP contribution in [0.3, 0.4) is 0 Å². The van der Waals surface area contributed by atoms with Crippen molar-refractivity contribution in [1.29, 1.82) is 0 Å². The molecular weight excluding hydrogens is 284 g/mol. The number of carboxylic acids is 1. The molecule has 0 saturated heterocycles. The van der Waals surface area contributed by atoms with Gasteiger partial charge in [-0.3, -0.25) is 0 Å². The lowest BCUT2D eigenvalue weighted by molar-refractivity contribution is -0.139. The average molecular weight is 308 g/mol. The maximum absolute atomic E-state index is 11.7. The van der Waals surface area contributed by atoms with Crippen LogP contribution in [0.2, 0.25) is 0 Å². The van der Waals surface area contributed by atoms with Crippen LogP contribution in [0.5, 0.6) is 0 Å². The molecule has 2 amide bonds. The van der Waals surface area contributed by atoms with Crippen molar-refractivity contribution in [2.24, 2.45) is 5.92 Å². The summed E-state index contributed by atoms with van der Waals surface area (Å²) < 4.78 is 22.1. The maximum Gasteiger partial charge on any atom is 0.326 e. The lowest BCUT2D eigenvalue weighted by Gasteiger charge is -2.22. The van der Waals surface area contributed by atoms with Crippen LogP contribution in [0.25, 0.3) is 0 Å². The SMILES string of the molecule is CCC(C)C(C)NC(=O)NC(CCS(C)(=O)=O)C(=O)O. The first-order valence-electron chi connectivity index (χ1n) is 6.54. The molecule has 0 radical (unpaired) electrons. The summed E-state index contributed by atoms with van der Waals surface area (Å²) in [7, 11) is -3.26. The third-order valence-corrected chi connectivity index (χ3v) is 4.21. The molecule has 0 spiro atoms. The number of nitrogens with one attached hydrogen (secondary N) is 2. The first-order chi connectivity index (χ1) is 9.06. The molecule has 20 heavy (non-hydrogen) atoms. The zero-order valence-corrected chi connectivity index (χ0v) is 13.2. The second-order valence-electron chi connectivity index (χ2n) is 5.10. The predicted octanol–water partition coefficient (Wildman–Crippen LogP) is 0.608. The smallest absolute Gasteiger partial charge is 0.326 e. The van der Waals surface area contributed by atoms with Crippen LogP contribution < -0.4 is 10.6 Å². The Balaban J connectivity index is 4.45. The second kappa shape index (κ2) is 8.08. The van der Waals surface area contributed by atoms with Gasteiger partial charge >= 0.3 is 12.0 Å². The van der Waals surface area contributed by atoms with Gasteiger partial charge in [0.05, 0.1) is 5.75 Å². The number of rotatable bonds is 8. The molecule has 7 nitrogen and oxygen atoms in total. The summed E-state index contributed by atoms with van der Waals surface area (Å²) in [5.41, 5.74) is 0. The Morgan fingerprint density at radius 1 is 1.20 bits per heavy atom. The third kappa shape index (κ3) is 7.98. The zero-order chi connectivity index (χ0) is 15.9. The number of sulfone groups is 1. The fraction of sp³-hybridized carbons (Fsp3) is 0.833. The van der Waals surface area contributed by atoms with Gasteiger partial charge in [-0.15, -0.1) is 0 Å². The molecule has 3 unspecified atom stereocenters. The Kier molecular flexibility index (Phi) is 7.55. The van der Waals surface area contributed by atoms with Crippen molar-refractivity contribution >= 4 is 21.8 Å². The molecule has 3 N–H and O–H groups in total. The van der Waals surface area contributed by atoms with Crippen LogP contribution in [0.15, 0.2) is 0 Å². The molecule has 8 heteroatoms. The molecular formula is C12H24N2O5S. The Morgan fingerprint density at radius 3 is 2.15 bits per heavy atom. The molecule has 0 aliphatic carbocycles. The summed E-state index contributed by atoms with van der Waals surface area (Å²) >= 11 is 0. The first-order valence-corrected chi connectivity index (χ1v) is 8.60. The number of hydrogen-bond acceptors (Lipinski definition) is 4. The van der Waals surface area contributed by atoms with E-state index in [1.54, 1.807) is 0 Å². The first kappa shape index (κ1) is 18.7. The lowest BCUT2D eigenvalue weighted by atomic mass is 10.0. The second-order valence-corrected chi connectivity index (χ2v) is 7.36. The molecule has 0 fully saturated rings. The number of carbonyl (C=O) groups excluding carboxylic acids is 1. The predicted molar refractivity (Wildman–Crippen MR) is 76.3 cm³/mol. The van der Waals surface area contributed by atoms with E-state index in [2.05, 4.69) is 10.6 Å². The van der Waals surface area contributed by atoms with Crippen LogP contribution in [-0.2, 0) is 14.6 Å². The molecule has 0 bridgehead atoms. The minimum Gasteiger partial charge on any atom is -0.480 e. The summed E-state index contributed by atoms with van der Waals surface area (Å²) in [5.74, 6) is -1.27. The van der Waals surface area contributed by atoms with Crippen LogP contribution in [0.1, 0.15) is 33.6 Å². The Bertz CT molecular complexity index is 435. The van der Waals surface area contributed by atoms with E-state index in [-0.39, 0.29) is 24.1 Å². The van der Waals surface area contributed by atoms with Gasteiger partial charge in [0, 0.05) is 12.3 Å². The van der Waals surface area contributed by atoms with Gasteiger partial charge in [0.15, 0.2) is 0 Å². The van der Waals surface area contributed by atoms with E-state index in [1.165, 1.54) is 0 Å². The van der Waals surface area contributed by atoms with Gasteiger partial charge in [0.1, 0.15) is 15.9 Å². The molecule has 0 saturated carbocycles. The molecule has 0 aromatic carbocycles. The van der Waals surface area contributed by atoms with Gasteiger partial charge in [-0.2, -0.15) is 0 Å². The number of hydrogen-bond donors (Lipinski definition) is 3. The number of aliphatic carboxylic acids is 1. The van der Waals surface area contributed by atoms with E-state index in [4.69, 9.17) is 5.11 Å². The Hall–Kier alpha value is -1.31. The standard InChI is InChI=1S/C12H24N2O5S/c1-5-8(2)9(3)13-12(17)14-10(11(15)16)6-7-20(4,18)19/h8-10H,5-7H2,1-4H3,(H,15,16)(H2,13,14,17). The van der Waals surface area contributed by atoms with Crippen molar-refractivity contribution in [2.45, 2.75) is 45.7 Å². The van der Waals surface area contributed by atoms with Crippen molar-refractivity contribution in [3.63, 3.8) is 0 Å². The molecule has 0 aliphatic rings. The number of carbonyl (C=O) groups is 2. The number of amides is 2. The average Bonchev–Trinajstić information content (AvgIpc) is 2.31. The summed E-state index contributed by atoms with van der Waals surface area (Å²) in [6, 6.07) is -1.91. The van der Waals surface area contributed by atoms with Gasteiger partial charge in [-0.1, -0.05) is 20.3 Å². The van der Waals surface area contributed by atoms with E-state index in [1.807, 2.05) is 20.8 Å². The number of carboxylic acid groups (broad SMARTS) is 1. The van der Waals surface area contributed by atoms with Gasteiger partial charge in [-0.25, -0.2) is 18.0 Å². The minimum absolute atomic E-state index is 0.0932. The molecule has 0 aromatic rings. The highest BCUT2D eigenvalue weighted by molar-refractivity contribution is 7.90. The largest absolute Gasteiger partial charge is 0.480 e. The highest BCUT2D eigenvalue weighted by atomic mass is 32.2. The van der Waals surface area contributed by atoms with Crippen LogP contribution in [0, 0.1) is 5.92 Å². The van der Waals surface area contributed by atoms with Gasteiger partial charge in [0.2, 0.25) is 0 Å². The Labute approximate surface area is 120 Å². The van der Waals surface area contributed by atoms with Crippen molar-refractivity contribution in [3.8, 4) is 0 Å². The third-order valence-electron chi connectivity index (χ3n) is 3.24. The molecule has 3 atom stereocenters. The van der Waals surface area contributed by atoms with Crippen LogP contribution in [0.4, 0.5) is 4.79 Å². The van der Waals surface area contributed by atoms with Crippen molar-refractivity contribution in [1.82, 2.24) is 10.6 Å². The molecule has 0 rings (SSSR count). The van der Waals surface area contributed by atoms with E-state index >= 15 is 0 Å². The minimum atomic E-state index is -3.26. The monoisotopic (exact) mass is 308 g/mol. The van der Waals surface area contributed by atoms with Crippen LogP contribution >= 0.6 is 0 Å². The summed E-state index contributed by atoms with van der Waals surface area (Å²) in [6.07, 6.45) is 1.76. The van der Waals surface area contributed by atoms with Crippen LogP contribution in [-0.4, -0.2) is 49.6 Å². The van der Waals surface area contributed by atoms with Gasteiger partial charge < -0.3 is 15.7 Å². The lowest BCUT2D eigenvalue weighted by Crippen LogP contribution is -2.50. The topological polar surface area (TPSA) is 113 Å². The maximum atomic E-state index is 11.7. The van der Waals surface area contributed by atoms with Gasteiger partial charge in [-0.05, 0) is 19.3 Å². The summed E-state index contributed by atoms with van der Waals surface area (Å²) in [5, 5.41) is 13.9. The van der Waals surface area contributed by atoms with E-state index < -0.39 is 27.9 Å². The summed E-state index contributed by atoms with van der Waals surface area (Å²) in [4.78, 5) is 22.7. The van der Waals surface area contributed by atoms with Gasteiger partial charge in [0.25, 0.3) is 0 Å². The highest BCUT2D eigenvalue weighted by Crippen LogP contribution is 2.06. The van der Waals surface area contributed by atoms with Crippen molar-refractivity contribution < 1.29 is 23.1 Å². The quantitative estimate of drug-likeness (QED) is 0.608. The molecule has 118 valence electrons. The van der Waals surface area contributed by atoms with Crippen molar-refractivity contribution in [2.75, 3.05) is 12.0 Å². The Morgan fingerprint density at radius 2 is 1.75 bits per heavy atom. The normalized spacial score (nSPS) is 16.0. The number of urea groups is 1. The highest BCUT2D eigenvalue weighted by Gasteiger charge is 2.22. The fourth-order valence-corrected chi connectivity index (χ4v) is 2.16. The molecule has 0 aromatic heterocycles. The molecule has 0 heterocycles. The summed E-state index contributed by atoms with van der Waals surface area (Å²) in [6.45, 7) is 5.80. The molecule has 0 aliphatic heterocycles. The van der Waals surface area contributed by atoms with Crippen molar-refractivity contribution in [3.05, 3.63) is 0 Å². The van der Waals surface area contributed by atoms with E-state index in [9.17, 15) is 18.0 Å². The fourth-order valence-electron chi connectivity index (χ4n) is 1.49. The zero-order valence-electron chi connectivity index (χ0n) is 12.3. The van der Waals surface area contributed by atoms with E-state index in [0.29, 0.717) is 0 Å².